The standard InChI is InChI=1S/C21H21N3O3/c1-3-15-7-4-6-14(2)19(15)24-21(26)17-10-16(11-22-12-17)20(25)23-13-18-8-5-9-27-18/h4-12H,3,13H2,1-2H3,(H,23,25)(H,24,26). The zero-order chi connectivity index (χ0) is 19.2. The van der Waals surface area contributed by atoms with Crippen molar-refractivity contribution in [1.29, 1.82) is 0 Å². The van der Waals surface area contributed by atoms with E-state index in [0.717, 1.165) is 23.2 Å². The molecule has 3 rings (SSSR count). The fraction of sp³-hybridized carbons (Fsp3) is 0.190. The third-order valence-electron chi connectivity index (χ3n) is 4.24. The molecular weight excluding hydrogens is 342 g/mol. The molecule has 2 heterocycles. The van der Waals surface area contributed by atoms with Crippen molar-refractivity contribution < 1.29 is 14.0 Å². The Morgan fingerprint density at radius 2 is 1.85 bits per heavy atom. The van der Waals surface area contributed by atoms with Crippen LogP contribution in [0.25, 0.3) is 0 Å². The smallest absolute Gasteiger partial charge is 0.257 e. The first-order chi connectivity index (χ1) is 13.1. The Bertz CT molecular complexity index is 949. The van der Waals surface area contributed by atoms with Gasteiger partial charge in [-0.05, 0) is 42.7 Å². The number of nitrogens with one attached hydrogen (secondary N) is 2. The van der Waals surface area contributed by atoms with Crippen molar-refractivity contribution in [2.24, 2.45) is 0 Å². The minimum absolute atomic E-state index is 0.269. The summed E-state index contributed by atoms with van der Waals surface area (Å²) in [6.45, 7) is 4.26. The minimum Gasteiger partial charge on any atom is -0.467 e. The van der Waals surface area contributed by atoms with E-state index in [9.17, 15) is 9.59 Å². The van der Waals surface area contributed by atoms with Crippen LogP contribution >= 0.6 is 0 Å². The Labute approximate surface area is 157 Å². The maximum Gasteiger partial charge on any atom is 0.257 e. The number of para-hydroxylation sites is 1. The van der Waals surface area contributed by atoms with Crippen molar-refractivity contribution >= 4 is 17.5 Å². The largest absolute Gasteiger partial charge is 0.467 e. The quantitative estimate of drug-likeness (QED) is 0.699. The van der Waals surface area contributed by atoms with Gasteiger partial charge in [-0.15, -0.1) is 0 Å². The summed E-state index contributed by atoms with van der Waals surface area (Å²) in [5.74, 6) is 0.0303. The van der Waals surface area contributed by atoms with Gasteiger partial charge >= 0.3 is 0 Å². The maximum atomic E-state index is 12.7. The number of furan rings is 1. The van der Waals surface area contributed by atoms with E-state index in [4.69, 9.17) is 4.42 Å². The lowest BCUT2D eigenvalue weighted by molar-refractivity contribution is 0.0947. The van der Waals surface area contributed by atoms with Crippen molar-refractivity contribution in [3.63, 3.8) is 0 Å². The number of nitrogens with zero attached hydrogens (tertiary/aromatic N) is 1. The number of hydrogen-bond acceptors (Lipinski definition) is 4. The summed E-state index contributed by atoms with van der Waals surface area (Å²) in [5, 5.41) is 5.68. The van der Waals surface area contributed by atoms with Crippen LogP contribution in [0.4, 0.5) is 5.69 Å². The van der Waals surface area contributed by atoms with Gasteiger partial charge in [0.15, 0.2) is 0 Å². The summed E-state index contributed by atoms with van der Waals surface area (Å²) in [4.78, 5) is 29.0. The predicted octanol–water partition coefficient (Wildman–Crippen LogP) is 3.73. The molecule has 138 valence electrons. The van der Waals surface area contributed by atoms with E-state index in [-0.39, 0.29) is 18.4 Å². The summed E-state index contributed by atoms with van der Waals surface area (Å²) in [5.41, 5.74) is 3.49. The third kappa shape index (κ3) is 4.41. The van der Waals surface area contributed by atoms with Crippen LogP contribution in [0.5, 0.6) is 0 Å². The lowest BCUT2D eigenvalue weighted by atomic mass is 10.1. The van der Waals surface area contributed by atoms with Crippen molar-refractivity contribution in [3.05, 3.63) is 83.1 Å². The van der Waals surface area contributed by atoms with Crippen LogP contribution in [0.3, 0.4) is 0 Å². The molecule has 0 spiro atoms. The normalized spacial score (nSPS) is 10.4. The van der Waals surface area contributed by atoms with Gasteiger partial charge < -0.3 is 15.1 Å². The van der Waals surface area contributed by atoms with Crippen LogP contribution in [0.1, 0.15) is 44.5 Å². The van der Waals surface area contributed by atoms with Gasteiger partial charge in [0, 0.05) is 18.1 Å². The fourth-order valence-electron chi connectivity index (χ4n) is 2.76. The molecule has 1 aromatic carbocycles. The SMILES string of the molecule is CCc1cccc(C)c1NC(=O)c1cncc(C(=O)NCc2ccco2)c1. The second kappa shape index (κ2) is 8.31. The molecule has 0 aliphatic carbocycles. The Balaban J connectivity index is 1.73. The number of carbonyl (C=O) groups excluding carboxylic acids is 2. The third-order valence-corrected chi connectivity index (χ3v) is 4.24. The highest BCUT2D eigenvalue weighted by atomic mass is 16.3. The predicted molar refractivity (Wildman–Crippen MR) is 103 cm³/mol. The molecule has 0 fully saturated rings. The van der Waals surface area contributed by atoms with Crippen LogP contribution in [0, 0.1) is 6.92 Å². The molecule has 6 heteroatoms. The number of aromatic nitrogens is 1. The van der Waals surface area contributed by atoms with Crippen LogP contribution in [0.15, 0.2) is 59.5 Å². The number of benzene rings is 1. The van der Waals surface area contributed by atoms with E-state index in [1.54, 1.807) is 18.4 Å². The van der Waals surface area contributed by atoms with Gasteiger partial charge in [0.2, 0.25) is 0 Å². The molecule has 0 unspecified atom stereocenters. The number of aryl methyl sites for hydroxylation is 2. The molecule has 2 amide bonds. The minimum atomic E-state index is -0.321. The average molecular weight is 363 g/mol. The molecule has 0 bridgehead atoms. The maximum absolute atomic E-state index is 12.7. The van der Waals surface area contributed by atoms with Gasteiger partial charge in [-0.3, -0.25) is 14.6 Å². The van der Waals surface area contributed by atoms with E-state index in [2.05, 4.69) is 15.6 Å². The molecule has 0 saturated heterocycles. The molecule has 2 aromatic heterocycles. The highest BCUT2D eigenvalue weighted by Crippen LogP contribution is 2.22. The second-order valence-corrected chi connectivity index (χ2v) is 6.14. The molecule has 0 atom stereocenters. The van der Waals surface area contributed by atoms with Crippen LogP contribution in [-0.2, 0) is 13.0 Å². The zero-order valence-corrected chi connectivity index (χ0v) is 15.3. The Hall–Kier alpha value is -3.41. The number of amides is 2. The van der Waals surface area contributed by atoms with E-state index >= 15 is 0 Å². The topological polar surface area (TPSA) is 84.2 Å². The molecule has 0 aliphatic heterocycles. The number of hydrogen-bond donors (Lipinski definition) is 2. The molecule has 6 nitrogen and oxygen atoms in total. The van der Waals surface area contributed by atoms with Crippen molar-refractivity contribution in [2.75, 3.05) is 5.32 Å². The van der Waals surface area contributed by atoms with Crippen LogP contribution < -0.4 is 10.6 Å². The van der Waals surface area contributed by atoms with Gasteiger partial charge in [0.25, 0.3) is 11.8 Å². The van der Waals surface area contributed by atoms with E-state index in [0.29, 0.717) is 16.9 Å². The van der Waals surface area contributed by atoms with Gasteiger partial charge in [-0.1, -0.05) is 25.1 Å². The second-order valence-electron chi connectivity index (χ2n) is 6.14. The van der Waals surface area contributed by atoms with Gasteiger partial charge in [-0.2, -0.15) is 0 Å². The van der Waals surface area contributed by atoms with Crippen LogP contribution in [0.2, 0.25) is 0 Å². The van der Waals surface area contributed by atoms with E-state index in [1.807, 2.05) is 32.0 Å². The monoisotopic (exact) mass is 363 g/mol. The lowest BCUT2D eigenvalue weighted by Gasteiger charge is -2.13. The Morgan fingerprint density at radius 3 is 2.56 bits per heavy atom. The highest BCUT2D eigenvalue weighted by Gasteiger charge is 2.14. The molecule has 2 N–H and O–H groups in total. The number of anilines is 1. The molecule has 0 aliphatic rings. The zero-order valence-electron chi connectivity index (χ0n) is 15.3. The summed E-state index contributed by atoms with van der Waals surface area (Å²) < 4.78 is 5.19. The van der Waals surface area contributed by atoms with Crippen molar-refractivity contribution in [1.82, 2.24) is 10.3 Å². The first kappa shape index (κ1) is 18.4. The number of carbonyl (C=O) groups is 2. The van der Waals surface area contributed by atoms with Crippen molar-refractivity contribution in [3.8, 4) is 0 Å². The summed E-state index contributed by atoms with van der Waals surface area (Å²) >= 11 is 0. The van der Waals surface area contributed by atoms with Gasteiger partial charge in [-0.25, -0.2) is 0 Å². The molecule has 0 saturated carbocycles. The van der Waals surface area contributed by atoms with Gasteiger partial charge in [0.05, 0.1) is 23.9 Å². The first-order valence-corrected chi connectivity index (χ1v) is 8.74. The van der Waals surface area contributed by atoms with E-state index < -0.39 is 0 Å². The van der Waals surface area contributed by atoms with E-state index in [1.165, 1.54) is 18.5 Å². The van der Waals surface area contributed by atoms with Gasteiger partial charge in [0.1, 0.15) is 5.76 Å². The molecular formula is C21H21N3O3. The van der Waals surface area contributed by atoms with Crippen LogP contribution in [-0.4, -0.2) is 16.8 Å². The van der Waals surface area contributed by atoms with Crippen molar-refractivity contribution in [2.45, 2.75) is 26.8 Å². The summed E-state index contributed by atoms with van der Waals surface area (Å²) in [7, 11) is 0. The molecule has 3 aromatic rings. The number of rotatable bonds is 6. The summed E-state index contributed by atoms with van der Waals surface area (Å²) in [6, 6.07) is 11.0. The number of pyridine rings is 1. The first-order valence-electron chi connectivity index (χ1n) is 8.74. The summed E-state index contributed by atoms with van der Waals surface area (Å²) in [6.07, 6.45) is 5.23. The Morgan fingerprint density at radius 1 is 1.07 bits per heavy atom. The average Bonchev–Trinajstić information content (AvgIpc) is 3.21. The Kier molecular flexibility index (Phi) is 5.66. The molecule has 0 radical (unpaired) electrons. The lowest BCUT2D eigenvalue weighted by Crippen LogP contribution is -2.23. The molecule has 27 heavy (non-hydrogen) atoms. The fourth-order valence-corrected chi connectivity index (χ4v) is 2.76. The highest BCUT2D eigenvalue weighted by molar-refractivity contribution is 6.06.